The van der Waals surface area contributed by atoms with Gasteiger partial charge in [0.05, 0.1) is 19.1 Å². The third-order valence-electron chi connectivity index (χ3n) is 4.83. The van der Waals surface area contributed by atoms with Crippen LogP contribution >= 0.6 is 0 Å². The third-order valence-corrected chi connectivity index (χ3v) is 4.83. The van der Waals surface area contributed by atoms with Crippen LogP contribution in [0, 0.1) is 11.8 Å². The second-order valence-electron chi connectivity index (χ2n) is 7.05. The van der Waals surface area contributed by atoms with E-state index in [0.717, 1.165) is 11.3 Å². The standard InChI is InChI=1S/C20H29NO5/c1-13(2)26-18(16-6-4-5-7-17(16)25-3)12-21-19(22)14-8-10-15(11-9-14)20(23)24/h4-7,13-15,18H,8-12H2,1-3H3,(H,21,22)(H,23,24). The van der Waals surface area contributed by atoms with E-state index in [1.54, 1.807) is 7.11 Å². The summed E-state index contributed by atoms with van der Waals surface area (Å²) in [6, 6.07) is 7.63. The van der Waals surface area contributed by atoms with E-state index < -0.39 is 5.97 Å². The summed E-state index contributed by atoms with van der Waals surface area (Å²) in [5.74, 6) is -0.492. The van der Waals surface area contributed by atoms with Gasteiger partial charge < -0.3 is 19.9 Å². The van der Waals surface area contributed by atoms with Crippen LogP contribution < -0.4 is 10.1 Å². The van der Waals surface area contributed by atoms with Crippen molar-refractivity contribution in [2.24, 2.45) is 11.8 Å². The largest absolute Gasteiger partial charge is 0.496 e. The maximum Gasteiger partial charge on any atom is 0.306 e. The molecule has 0 aromatic heterocycles. The molecule has 1 saturated carbocycles. The Labute approximate surface area is 154 Å². The predicted octanol–water partition coefficient (Wildman–Crippen LogP) is 3.17. The first-order valence-corrected chi connectivity index (χ1v) is 9.21. The number of methoxy groups -OCH3 is 1. The summed E-state index contributed by atoms with van der Waals surface area (Å²) < 4.78 is 11.4. The van der Waals surface area contributed by atoms with Crippen molar-refractivity contribution in [3.05, 3.63) is 29.8 Å². The Hall–Kier alpha value is -2.08. The van der Waals surface area contributed by atoms with Gasteiger partial charge in [-0.15, -0.1) is 0 Å². The molecule has 1 aromatic rings. The lowest BCUT2D eigenvalue weighted by Crippen LogP contribution is -2.37. The Balaban J connectivity index is 1.97. The van der Waals surface area contributed by atoms with Crippen molar-refractivity contribution in [3.8, 4) is 5.75 Å². The SMILES string of the molecule is COc1ccccc1C(CNC(=O)C1CCC(C(=O)O)CC1)OC(C)C. The molecule has 2 rings (SSSR count). The second-order valence-corrected chi connectivity index (χ2v) is 7.05. The Bertz CT molecular complexity index is 608. The van der Waals surface area contributed by atoms with Crippen molar-refractivity contribution in [1.82, 2.24) is 5.32 Å². The lowest BCUT2D eigenvalue weighted by atomic mass is 9.81. The van der Waals surface area contributed by atoms with Gasteiger partial charge in [0.2, 0.25) is 5.91 Å². The van der Waals surface area contributed by atoms with Gasteiger partial charge in [0.1, 0.15) is 11.9 Å². The highest BCUT2D eigenvalue weighted by Gasteiger charge is 2.30. The molecule has 0 bridgehead atoms. The molecule has 0 saturated heterocycles. The van der Waals surface area contributed by atoms with Crippen LogP contribution in [0.2, 0.25) is 0 Å². The molecule has 1 aliphatic rings. The summed E-state index contributed by atoms with van der Waals surface area (Å²) >= 11 is 0. The van der Waals surface area contributed by atoms with Crippen molar-refractivity contribution >= 4 is 11.9 Å². The first kappa shape index (κ1) is 20.2. The van der Waals surface area contributed by atoms with E-state index >= 15 is 0 Å². The summed E-state index contributed by atoms with van der Waals surface area (Å²) in [5, 5.41) is 12.1. The van der Waals surface area contributed by atoms with Crippen molar-refractivity contribution in [2.75, 3.05) is 13.7 Å². The summed E-state index contributed by atoms with van der Waals surface area (Å²) in [5.41, 5.74) is 0.901. The molecule has 6 nitrogen and oxygen atoms in total. The van der Waals surface area contributed by atoms with E-state index in [1.165, 1.54) is 0 Å². The number of hydrogen-bond acceptors (Lipinski definition) is 4. The maximum atomic E-state index is 12.5. The minimum Gasteiger partial charge on any atom is -0.496 e. The molecule has 0 radical (unpaired) electrons. The molecule has 2 N–H and O–H groups in total. The molecule has 1 atom stereocenters. The number of para-hydroxylation sites is 1. The smallest absolute Gasteiger partial charge is 0.306 e. The highest BCUT2D eigenvalue weighted by atomic mass is 16.5. The number of benzene rings is 1. The van der Waals surface area contributed by atoms with Crippen LogP contribution in [-0.4, -0.2) is 36.7 Å². The van der Waals surface area contributed by atoms with Gasteiger partial charge in [-0.1, -0.05) is 18.2 Å². The average molecular weight is 363 g/mol. The Morgan fingerprint density at radius 3 is 2.35 bits per heavy atom. The molecule has 0 aliphatic heterocycles. The molecule has 1 amide bonds. The zero-order valence-electron chi connectivity index (χ0n) is 15.7. The molecule has 0 heterocycles. The number of hydrogen-bond donors (Lipinski definition) is 2. The molecule has 0 spiro atoms. The monoisotopic (exact) mass is 363 g/mol. The van der Waals surface area contributed by atoms with E-state index in [-0.39, 0.29) is 30.0 Å². The maximum absolute atomic E-state index is 12.5. The van der Waals surface area contributed by atoms with E-state index in [1.807, 2.05) is 38.1 Å². The summed E-state index contributed by atoms with van der Waals surface area (Å²) in [6.45, 7) is 4.27. The van der Waals surface area contributed by atoms with Crippen LogP contribution in [0.25, 0.3) is 0 Å². The minimum absolute atomic E-state index is 0.00724. The van der Waals surface area contributed by atoms with Crippen molar-refractivity contribution < 1.29 is 24.2 Å². The lowest BCUT2D eigenvalue weighted by molar-refractivity contribution is -0.144. The Kier molecular flexibility index (Phi) is 7.45. The van der Waals surface area contributed by atoms with Gasteiger partial charge in [0.25, 0.3) is 0 Å². The Morgan fingerprint density at radius 1 is 1.15 bits per heavy atom. The topological polar surface area (TPSA) is 84.9 Å². The van der Waals surface area contributed by atoms with Crippen LogP contribution in [0.15, 0.2) is 24.3 Å². The summed E-state index contributed by atoms with van der Waals surface area (Å²) in [7, 11) is 1.62. The fraction of sp³-hybridized carbons (Fsp3) is 0.600. The van der Waals surface area contributed by atoms with E-state index in [9.17, 15) is 9.59 Å². The number of carbonyl (C=O) groups excluding carboxylic acids is 1. The molecule has 1 unspecified atom stereocenters. The third kappa shape index (κ3) is 5.46. The Morgan fingerprint density at radius 2 is 1.77 bits per heavy atom. The van der Waals surface area contributed by atoms with Gasteiger partial charge in [-0.05, 0) is 45.6 Å². The van der Waals surface area contributed by atoms with Crippen molar-refractivity contribution in [2.45, 2.75) is 51.7 Å². The number of rotatable bonds is 8. The van der Waals surface area contributed by atoms with Gasteiger partial charge in [0, 0.05) is 18.0 Å². The molecule has 1 aromatic carbocycles. The zero-order valence-corrected chi connectivity index (χ0v) is 15.7. The van der Waals surface area contributed by atoms with E-state index in [2.05, 4.69) is 5.32 Å². The van der Waals surface area contributed by atoms with Crippen molar-refractivity contribution in [3.63, 3.8) is 0 Å². The minimum atomic E-state index is -0.759. The van der Waals surface area contributed by atoms with Crippen LogP contribution in [-0.2, 0) is 14.3 Å². The zero-order chi connectivity index (χ0) is 19.1. The molecule has 26 heavy (non-hydrogen) atoms. The molecule has 1 aliphatic carbocycles. The summed E-state index contributed by atoms with van der Waals surface area (Å²) in [6.07, 6.45) is 2.07. The first-order chi connectivity index (χ1) is 12.4. The van der Waals surface area contributed by atoms with E-state index in [4.69, 9.17) is 14.6 Å². The number of carboxylic acids is 1. The molecular weight excluding hydrogens is 334 g/mol. The molecule has 1 fully saturated rings. The number of amides is 1. The number of nitrogens with one attached hydrogen (secondary N) is 1. The molecule has 144 valence electrons. The van der Waals surface area contributed by atoms with Gasteiger partial charge >= 0.3 is 5.97 Å². The van der Waals surface area contributed by atoms with Crippen LogP contribution in [0.5, 0.6) is 5.75 Å². The van der Waals surface area contributed by atoms with Crippen molar-refractivity contribution in [1.29, 1.82) is 0 Å². The predicted molar refractivity (Wildman–Crippen MR) is 98.0 cm³/mol. The van der Waals surface area contributed by atoms with E-state index in [0.29, 0.717) is 32.2 Å². The molecular formula is C20H29NO5. The lowest BCUT2D eigenvalue weighted by Gasteiger charge is -2.27. The van der Waals surface area contributed by atoms with Crippen LogP contribution in [0.4, 0.5) is 0 Å². The molecule has 6 heteroatoms. The van der Waals surface area contributed by atoms with Gasteiger partial charge in [0.15, 0.2) is 0 Å². The first-order valence-electron chi connectivity index (χ1n) is 9.21. The highest BCUT2D eigenvalue weighted by molar-refractivity contribution is 5.79. The number of aliphatic carboxylic acids is 1. The average Bonchev–Trinajstić information content (AvgIpc) is 2.64. The highest BCUT2D eigenvalue weighted by Crippen LogP contribution is 2.30. The van der Waals surface area contributed by atoms with Crippen LogP contribution in [0.3, 0.4) is 0 Å². The summed E-state index contributed by atoms with van der Waals surface area (Å²) in [4.78, 5) is 23.5. The van der Waals surface area contributed by atoms with Crippen LogP contribution in [0.1, 0.15) is 51.2 Å². The number of carboxylic acid groups (broad SMARTS) is 1. The normalized spacial score (nSPS) is 21.2. The van der Waals surface area contributed by atoms with Gasteiger partial charge in [-0.25, -0.2) is 0 Å². The van der Waals surface area contributed by atoms with Gasteiger partial charge in [-0.3, -0.25) is 9.59 Å². The number of carbonyl (C=O) groups is 2. The quantitative estimate of drug-likeness (QED) is 0.741. The number of ether oxygens (including phenoxy) is 2. The fourth-order valence-electron chi connectivity index (χ4n) is 3.43. The van der Waals surface area contributed by atoms with Gasteiger partial charge in [-0.2, -0.15) is 0 Å². The fourth-order valence-corrected chi connectivity index (χ4v) is 3.43. The second kappa shape index (κ2) is 9.57.